The largest absolute Gasteiger partial charge is 0.496 e. The molecular weight excluding hydrogens is 444 g/mol. The van der Waals surface area contributed by atoms with Crippen LogP contribution in [0.15, 0.2) is 53.0 Å². The van der Waals surface area contributed by atoms with Crippen molar-refractivity contribution in [3.8, 4) is 16.9 Å². The third-order valence-corrected chi connectivity index (χ3v) is 5.80. The summed E-state index contributed by atoms with van der Waals surface area (Å²) in [6.45, 7) is 6.64. The van der Waals surface area contributed by atoms with Crippen LogP contribution in [0.1, 0.15) is 43.3 Å². The Morgan fingerprint density at radius 2 is 1.80 bits per heavy atom. The van der Waals surface area contributed by atoms with Crippen molar-refractivity contribution < 1.29 is 23.5 Å². The van der Waals surface area contributed by atoms with Gasteiger partial charge in [0.1, 0.15) is 16.9 Å². The van der Waals surface area contributed by atoms with Crippen molar-refractivity contribution in [2.45, 2.75) is 32.8 Å². The molecule has 7 heteroatoms. The van der Waals surface area contributed by atoms with Crippen molar-refractivity contribution in [2.24, 2.45) is 0 Å². The highest BCUT2D eigenvalue weighted by atomic mass is 16.6. The van der Waals surface area contributed by atoms with E-state index in [1.54, 1.807) is 32.2 Å². The quantitative estimate of drug-likeness (QED) is 0.473. The number of nitrogens with zero attached hydrogens (tertiary/aromatic N) is 2. The molecule has 1 aliphatic heterocycles. The van der Waals surface area contributed by atoms with Gasteiger partial charge in [-0.05, 0) is 62.6 Å². The topological polar surface area (TPSA) is 72.2 Å². The zero-order valence-corrected chi connectivity index (χ0v) is 21.2. The fraction of sp³-hybridized carbons (Fsp3) is 0.357. The standard InChI is InChI=1S/C28H32N2O5/c1-28(2,3)35-27(32)30-13-9-10-18(17-30)19-14-20-16-24(26(31)29(4)5)34-25(20)22(15-19)21-11-7-8-12-23(21)33-6/h7-8,10-12,14-16H,9,13,17H2,1-6H3. The Balaban J connectivity index is 1.81. The predicted molar refractivity (Wildman–Crippen MR) is 137 cm³/mol. The van der Waals surface area contributed by atoms with Crippen LogP contribution in [-0.4, -0.2) is 61.7 Å². The van der Waals surface area contributed by atoms with E-state index in [2.05, 4.69) is 6.08 Å². The van der Waals surface area contributed by atoms with Crippen molar-refractivity contribution in [3.05, 3.63) is 59.9 Å². The maximum absolute atomic E-state index is 12.7. The minimum Gasteiger partial charge on any atom is -0.496 e. The highest BCUT2D eigenvalue weighted by Crippen LogP contribution is 2.39. The van der Waals surface area contributed by atoms with Crippen LogP contribution in [0.2, 0.25) is 0 Å². The number of para-hydroxylation sites is 1. The van der Waals surface area contributed by atoms with Gasteiger partial charge >= 0.3 is 6.09 Å². The molecule has 0 N–H and O–H groups in total. The van der Waals surface area contributed by atoms with Crippen LogP contribution in [0.3, 0.4) is 0 Å². The summed E-state index contributed by atoms with van der Waals surface area (Å²) < 4.78 is 17.3. The van der Waals surface area contributed by atoms with Gasteiger partial charge in [0.05, 0.1) is 7.11 Å². The van der Waals surface area contributed by atoms with E-state index in [-0.39, 0.29) is 17.8 Å². The molecule has 0 atom stereocenters. The summed E-state index contributed by atoms with van der Waals surface area (Å²) in [6.07, 6.45) is 2.56. The van der Waals surface area contributed by atoms with E-state index in [1.165, 1.54) is 4.90 Å². The normalized spacial score (nSPS) is 14.0. The van der Waals surface area contributed by atoms with Crippen LogP contribution in [0.4, 0.5) is 4.79 Å². The minimum atomic E-state index is -0.555. The number of ether oxygens (including phenoxy) is 2. The third-order valence-electron chi connectivity index (χ3n) is 5.80. The number of methoxy groups -OCH3 is 1. The molecule has 7 nitrogen and oxygen atoms in total. The molecule has 3 aromatic rings. The average molecular weight is 477 g/mol. The first-order valence-corrected chi connectivity index (χ1v) is 11.7. The van der Waals surface area contributed by atoms with Gasteiger partial charge in [-0.15, -0.1) is 0 Å². The number of fused-ring (bicyclic) bond motifs is 1. The predicted octanol–water partition coefficient (Wildman–Crippen LogP) is 5.83. The van der Waals surface area contributed by atoms with Gasteiger partial charge in [-0.3, -0.25) is 4.79 Å². The van der Waals surface area contributed by atoms with Gasteiger partial charge in [0.2, 0.25) is 0 Å². The van der Waals surface area contributed by atoms with Crippen molar-refractivity contribution in [2.75, 3.05) is 34.3 Å². The third kappa shape index (κ3) is 5.19. The first kappa shape index (κ1) is 24.4. The van der Waals surface area contributed by atoms with Crippen LogP contribution in [-0.2, 0) is 4.74 Å². The maximum atomic E-state index is 12.7. The van der Waals surface area contributed by atoms with Crippen LogP contribution < -0.4 is 4.74 Å². The number of carbonyl (C=O) groups is 2. The Morgan fingerprint density at radius 1 is 1.06 bits per heavy atom. The second kappa shape index (κ2) is 9.49. The molecule has 1 aliphatic rings. The van der Waals surface area contributed by atoms with Crippen LogP contribution in [0.25, 0.3) is 27.7 Å². The molecule has 2 heterocycles. The molecule has 0 aliphatic carbocycles. The molecular formula is C28H32N2O5. The molecule has 0 saturated carbocycles. The summed E-state index contributed by atoms with van der Waals surface area (Å²) in [4.78, 5) is 28.6. The number of hydrogen-bond acceptors (Lipinski definition) is 5. The summed E-state index contributed by atoms with van der Waals surface area (Å²) in [5, 5.41) is 0.809. The number of amides is 2. The average Bonchev–Trinajstić information content (AvgIpc) is 3.26. The lowest BCUT2D eigenvalue weighted by Gasteiger charge is -2.30. The zero-order chi connectivity index (χ0) is 25.3. The van der Waals surface area contributed by atoms with E-state index in [1.807, 2.05) is 57.2 Å². The Kier molecular flexibility index (Phi) is 6.61. The summed E-state index contributed by atoms with van der Waals surface area (Å²) in [7, 11) is 5.02. The van der Waals surface area contributed by atoms with E-state index < -0.39 is 5.60 Å². The van der Waals surface area contributed by atoms with Gasteiger partial charge in [0.25, 0.3) is 5.91 Å². The Labute approximate surface area is 205 Å². The van der Waals surface area contributed by atoms with E-state index in [0.717, 1.165) is 34.1 Å². The first-order chi connectivity index (χ1) is 16.6. The Hall–Kier alpha value is -3.74. The summed E-state index contributed by atoms with van der Waals surface area (Å²) >= 11 is 0. The van der Waals surface area contributed by atoms with Gasteiger partial charge < -0.3 is 23.7 Å². The molecule has 0 saturated heterocycles. The lowest BCUT2D eigenvalue weighted by molar-refractivity contribution is 0.0273. The van der Waals surface area contributed by atoms with E-state index in [9.17, 15) is 9.59 Å². The molecule has 35 heavy (non-hydrogen) atoms. The van der Waals surface area contributed by atoms with Crippen LogP contribution in [0.5, 0.6) is 5.75 Å². The molecule has 184 valence electrons. The number of furan rings is 1. The SMILES string of the molecule is COc1ccccc1-c1cc(C2=CCCN(C(=O)OC(C)(C)C)C2)cc2cc(C(=O)N(C)C)oc12. The number of benzene rings is 2. The summed E-state index contributed by atoms with van der Waals surface area (Å²) in [6, 6.07) is 13.5. The summed E-state index contributed by atoms with van der Waals surface area (Å²) in [5.41, 5.74) is 3.71. The van der Waals surface area contributed by atoms with Crippen LogP contribution >= 0.6 is 0 Å². The first-order valence-electron chi connectivity index (χ1n) is 11.7. The smallest absolute Gasteiger partial charge is 0.410 e. The maximum Gasteiger partial charge on any atom is 0.410 e. The molecule has 4 rings (SSSR count). The van der Waals surface area contributed by atoms with E-state index in [4.69, 9.17) is 13.9 Å². The fourth-order valence-corrected chi connectivity index (χ4v) is 4.17. The number of rotatable bonds is 4. The lowest BCUT2D eigenvalue weighted by Crippen LogP contribution is -2.39. The number of hydrogen-bond donors (Lipinski definition) is 0. The highest BCUT2D eigenvalue weighted by Gasteiger charge is 2.26. The lowest BCUT2D eigenvalue weighted by atomic mass is 9.94. The molecule has 0 unspecified atom stereocenters. The van der Waals surface area contributed by atoms with Crippen LogP contribution in [0, 0.1) is 0 Å². The van der Waals surface area contributed by atoms with E-state index in [0.29, 0.717) is 24.4 Å². The number of carbonyl (C=O) groups excluding carboxylic acids is 2. The molecule has 0 radical (unpaired) electrons. The van der Waals surface area contributed by atoms with Gasteiger partial charge in [-0.2, -0.15) is 0 Å². The van der Waals surface area contributed by atoms with Crippen molar-refractivity contribution in [1.82, 2.24) is 9.80 Å². The Morgan fingerprint density at radius 3 is 2.49 bits per heavy atom. The van der Waals surface area contributed by atoms with Crippen molar-refractivity contribution in [1.29, 1.82) is 0 Å². The second-order valence-corrected chi connectivity index (χ2v) is 9.87. The minimum absolute atomic E-state index is 0.207. The molecule has 0 bridgehead atoms. The highest BCUT2D eigenvalue weighted by molar-refractivity contribution is 6.02. The van der Waals surface area contributed by atoms with Gasteiger partial charge in [0, 0.05) is 43.7 Å². The van der Waals surface area contributed by atoms with Gasteiger partial charge in [0.15, 0.2) is 5.76 Å². The van der Waals surface area contributed by atoms with Crippen molar-refractivity contribution >= 4 is 28.5 Å². The zero-order valence-electron chi connectivity index (χ0n) is 21.2. The molecule has 2 aromatic carbocycles. The molecule has 0 fully saturated rings. The van der Waals surface area contributed by atoms with Gasteiger partial charge in [-0.25, -0.2) is 4.79 Å². The Bertz CT molecular complexity index is 1300. The molecule has 2 amide bonds. The summed E-state index contributed by atoms with van der Waals surface area (Å²) in [5.74, 6) is 0.767. The second-order valence-electron chi connectivity index (χ2n) is 9.87. The molecule has 0 spiro atoms. The van der Waals surface area contributed by atoms with Gasteiger partial charge in [-0.1, -0.05) is 24.3 Å². The van der Waals surface area contributed by atoms with Crippen molar-refractivity contribution in [3.63, 3.8) is 0 Å². The fourth-order valence-electron chi connectivity index (χ4n) is 4.17. The monoisotopic (exact) mass is 476 g/mol. The van der Waals surface area contributed by atoms with E-state index >= 15 is 0 Å². The molecule has 1 aromatic heterocycles.